The zero-order valence-corrected chi connectivity index (χ0v) is 20.6. The second-order valence-electron chi connectivity index (χ2n) is 7.35. The van der Waals surface area contributed by atoms with Gasteiger partial charge in [0.2, 0.25) is 0 Å². The van der Waals surface area contributed by atoms with Crippen LogP contribution in [0.5, 0.6) is 0 Å². The minimum Gasteiger partial charge on any atom is -0.451 e. The molecule has 0 saturated carbocycles. The molecular weight excluding hydrogens is 524 g/mol. The Morgan fingerprint density at radius 1 is 1.09 bits per heavy atom. The molecule has 2 aromatic carbocycles. The van der Waals surface area contributed by atoms with Crippen LogP contribution in [0, 0.1) is 0 Å². The molecule has 0 aliphatic carbocycles. The van der Waals surface area contributed by atoms with E-state index in [2.05, 4.69) is 48.6 Å². The average molecular weight is 543 g/mol. The predicted octanol–water partition coefficient (Wildman–Crippen LogP) is 5.28. The first-order valence-corrected chi connectivity index (χ1v) is 12.3. The third-order valence-corrected chi connectivity index (χ3v) is 6.82. The minimum absolute atomic E-state index is 0.161. The number of thiocarbonyl (C=S) groups is 1. The summed E-state index contributed by atoms with van der Waals surface area (Å²) in [5, 5.41) is 6.43. The Hall–Kier alpha value is -2.79. The highest BCUT2D eigenvalue weighted by Crippen LogP contribution is 2.30. The fraction of sp³-hybridized carbons (Fsp3) is 0.174. The molecule has 2 aromatic heterocycles. The first kappa shape index (κ1) is 22.0. The Morgan fingerprint density at radius 2 is 1.88 bits per heavy atom. The standard InChI is InChI=1S/C23H19BrN4O3S2/c24-15-3-1-14(2-4-15)18-7-8-19(31-18)21(29)26-22(32)27-23-25-17-6-5-16(13-20(17)33-23)28-9-11-30-12-10-28/h1-8,13H,9-12H2,(H2,25,26,27,29,32). The fourth-order valence-electron chi connectivity index (χ4n) is 3.51. The highest BCUT2D eigenvalue weighted by molar-refractivity contribution is 9.10. The van der Waals surface area contributed by atoms with E-state index < -0.39 is 5.91 Å². The van der Waals surface area contributed by atoms with Crippen molar-refractivity contribution in [2.45, 2.75) is 0 Å². The van der Waals surface area contributed by atoms with Gasteiger partial charge in [-0.15, -0.1) is 0 Å². The average Bonchev–Trinajstić information content (AvgIpc) is 3.46. The second kappa shape index (κ2) is 9.60. The number of benzene rings is 2. The lowest BCUT2D eigenvalue weighted by Gasteiger charge is -2.28. The highest BCUT2D eigenvalue weighted by Gasteiger charge is 2.16. The molecule has 3 heterocycles. The van der Waals surface area contributed by atoms with Gasteiger partial charge in [-0.3, -0.25) is 10.1 Å². The van der Waals surface area contributed by atoms with Gasteiger partial charge in [-0.25, -0.2) is 4.98 Å². The van der Waals surface area contributed by atoms with Crippen molar-refractivity contribution < 1.29 is 13.9 Å². The number of carbonyl (C=O) groups is 1. The van der Waals surface area contributed by atoms with Crippen molar-refractivity contribution in [2.24, 2.45) is 0 Å². The van der Waals surface area contributed by atoms with E-state index in [1.54, 1.807) is 12.1 Å². The van der Waals surface area contributed by atoms with Gasteiger partial charge in [0.05, 0.1) is 23.4 Å². The van der Waals surface area contributed by atoms with Crippen molar-refractivity contribution in [2.75, 3.05) is 36.5 Å². The number of thiazole rings is 1. The zero-order chi connectivity index (χ0) is 22.8. The number of hydrogen-bond donors (Lipinski definition) is 2. The van der Waals surface area contributed by atoms with E-state index in [9.17, 15) is 4.79 Å². The monoisotopic (exact) mass is 542 g/mol. The molecule has 33 heavy (non-hydrogen) atoms. The number of anilines is 2. The molecule has 0 radical (unpaired) electrons. The van der Waals surface area contributed by atoms with Crippen LogP contribution in [-0.4, -0.2) is 42.3 Å². The Morgan fingerprint density at radius 3 is 2.67 bits per heavy atom. The molecule has 1 fully saturated rings. The number of furan rings is 1. The van der Waals surface area contributed by atoms with E-state index in [0.717, 1.165) is 52.2 Å². The number of nitrogens with zero attached hydrogens (tertiary/aromatic N) is 2. The Balaban J connectivity index is 1.23. The number of rotatable bonds is 4. The van der Waals surface area contributed by atoms with Crippen molar-refractivity contribution in [1.82, 2.24) is 10.3 Å². The molecule has 1 aliphatic rings. The largest absolute Gasteiger partial charge is 0.451 e. The quantitative estimate of drug-likeness (QED) is 0.339. The summed E-state index contributed by atoms with van der Waals surface area (Å²) < 4.78 is 13.1. The Bertz CT molecular complexity index is 1310. The summed E-state index contributed by atoms with van der Waals surface area (Å²) in [5.41, 5.74) is 2.90. The number of amides is 1. The molecule has 1 amide bonds. The van der Waals surface area contributed by atoms with Crippen molar-refractivity contribution in [3.8, 4) is 11.3 Å². The lowest BCUT2D eigenvalue weighted by Crippen LogP contribution is -2.36. The number of ether oxygens (including phenoxy) is 1. The molecule has 0 bridgehead atoms. The van der Waals surface area contributed by atoms with Crippen LogP contribution < -0.4 is 15.5 Å². The van der Waals surface area contributed by atoms with Crippen molar-refractivity contribution in [3.05, 3.63) is 64.8 Å². The maximum atomic E-state index is 12.6. The summed E-state index contributed by atoms with van der Waals surface area (Å²) >= 11 is 10.2. The van der Waals surface area contributed by atoms with Gasteiger partial charge in [0.25, 0.3) is 5.91 Å². The summed E-state index contributed by atoms with van der Waals surface area (Å²) in [4.78, 5) is 19.4. The number of halogens is 1. The third kappa shape index (κ3) is 5.09. The first-order chi connectivity index (χ1) is 16.0. The second-order valence-corrected chi connectivity index (χ2v) is 9.70. The molecule has 2 N–H and O–H groups in total. The summed E-state index contributed by atoms with van der Waals surface area (Å²) in [5.74, 6) is 0.358. The topological polar surface area (TPSA) is 79.6 Å². The van der Waals surface area contributed by atoms with Crippen LogP contribution in [0.25, 0.3) is 21.5 Å². The SMILES string of the molecule is O=C(NC(=S)Nc1nc2ccc(N3CCOCC3)cc2s1)c1ccc(-c2ccc(Br)cc2)o1. The van der Waals surface area contributed by atoms with Crippen molar-refractivity contribution in [1.29, 1.82) is 0 Å². The predicted molar refractivity (Wildman–Crippen MR) is 138 cm³/mol. The van der Waals surface area contributed by atoms with Crippen LogP contribution in [0.1, 0.15) is 10.6 Å². The van der Waals surface area contributed by atoms with Gasteiger partial charge in [0.15, 0.2) is 16.0 Å². The molecule has 7 nitrogen and oxygen atoms in total. The zero-order valence-electron chi connectivity index (χ0n) is 17.3. The lowest BCUT2D eigenvalue weighted by molar-refractivity contribution is 0.0951. The van der Waals surface area contributed by atoms with Gasteiger partial charge in [-0.2, -0.15) is 0 Å². The number of morpholine rings is 1. The van der Waals surface area contributed by atoms with E-state index in [1.807, 2.05) is 30.3 Å². The minimum atomic E-state index is -0.424. The molecule has 10 heteroatoms. The molecule has 1 aliphatic heterocycles. The summed E-state index contributed by atoms with van der Waals surface area (Å²) in [7, 11) is 0. The first-order valence-electron chi connectivity index (χ1n) is 10.3. The third-order valence-electron chi connectivity index (χ3n) is 5.15. The number of nitrogens with one attached hydrogen (secondary N) is 2. The lowest BCUT2D eigenvalue weighted by atomic mass is 10.2. The van der Waals surface area contributed by atoms with Crippen LogP contribution in [0.4, 0.5) is 10.8 Å². The maximum absolute atomic E-state index is 12.6. The highest BCUT2D eigenvalue weighted by atomic mass is 79.9. The van der Waals surface area contributed by atoms with Crippen LogP contribution >= 0.6 is 39.5 Å². The van der Waals surface area contributed by atoms with Crippen LogP contribution in [0.2, 0.25) is 0 Å². The van der Waals surface area contributed by atoms with E-state index in [1.165, 1.54) is 11.3 Å². The van der Waals surface area contributed by atoms with E-state index in [0.29, 0.717) is 10.9 Å². The Labute approximate surface area is 207 Å². The van der Waals surface area contributed by atoms with E-state index in [4.69, 9.17) is 21.4 Å². The molecular formula is C23H19BrN4O3S2. The number of fused-ring (bicyclic) bond motifs is 1. The maximum Gasteiger partial charge on any atom is 0.293 e. The van der Waals surface area contributed by atoms with Gasteiger partial charge in [-0.1, -0.05) is 39.4 Å². The molecule has 0 atom stereocenters. The van der Waals surface area contributed by atoms with Gasteiger partial charge in [-0.05, 0) is 54.7 Å². The summed E-state index contributed by atoms with van der Waals surface area (Å²) in [6.07, 6.45) is 0. The fourth-order valence-corrected chi connectivity index (χ4v) is 4.93. The number of carbonyl (C=O) groups excluding carboxylic acids is 1. The van der Waals surface area contributed by atoms with Crippen LogP contribution in [0.15, 0.2) is 63.5 Å². The van der Waals surface area contributed by atoms with Gasteiger partial charge in [0, 0.05) is 28.8 Å². The summed E-state index contributed by atoms with van der Waals surface area (Å²) in [6.45, 7) is 3.23. The number of hydrogen-bond acceptors (Lipinski definition) is 7. The smallest absolute Gasteiger partial charge is 0.293 e. The molecule has 5 rings (SSSR count). The molecule has 4 aromatic rings. The molecule has 0 unspecified atom stereocenters. The van der Waals surface area contributed by atoms with Crippen LogP contribution in [0.3, 0.4) is 0 Å². The number of aromatic nitrogens is 1. The van der Waals surface area contributed by atoms with E-state index in [-0.39, 0.29) is 10.9 Å². The molecule has 168 valence electrons. The molecule has 0 spiro atoms. The van der Waals surface area contributed by atoms with Gasteiger partial charge in [0.1, 0.15) is 5.76 Å². The Kier molecular flexibility index (Phi) is 6.41. The molecule has 1 saturated heterocycles. The van der Waals surface area contributed by atoms with Gasteiger partial charge < -0.3 is 19.4 Å². The van der Waals surface area contributed by atoms with Crippen molar-refractivity contribution in [3.63, 3.8) is 0 Å². The van der Waals surface area contributed by atoms with Crippen LogP contribution in [-0.2, 0) is 4.74 Å². The van der Waals surface area contributed by atoms with Gasteiger partial charge >= 0.3 is 0 Å². The summed E-state index contributed by atoms with van der Waals surface area (Å²) in [6, 6.07) is 17.2. The van der Waals surface area contributed by atoms with Crippen molar-refractivity contribution >= 4 is 71.5 Å². The van der Waals surface area contributed by atoms with E-state index >= 15 is 0 Å². The normalized spacial score (nSPS) is 13.8.